The molecule has 0 radical (unpaired) electrons. The van der Waals surface area contributed by atoms with E-state index in [1.807, 2.05) is 0 Å². The monoisotopic (exact) mass is 174 g/mol. The van der Waals surface area contributed by atoms with Gasteiger partial charge in [-0.15, -0.1) is 0 Å². The Bertz CT molecular complexity index is 163. The Hall–Kier alpha value is -0.650. The summed E-state index contributed by atoms with van der Waals surface area (Å²) in [5, 5.41) is 0. The number of carbonyl (C=O) groups is 1. The maximum atomic E-state index is 11.0. The highest BCUT2D eigenvalue weighted by molar-refractivity contribution is 5.72. The number of hydrogen-bond acceptors (Lipinski definition) is 5. The van der Waals surface area contributed by atoms with Crippen LogP contribution in [0.15, 0.2) is 0 Å². The molecule has 5 nitrogen and oxygen atoms in total. The summed E-state index contributed by atoms with van der Waals surface area (Å²) in [4.78, 5) is 19.8. The maximum Gasteiger partial charge on any atom is 0.327 e. The van der Waals surface area contributed by atoms with Crippen molar-refractivity contribution >= 4 is 5.97 Å². The lowest BCUT2D eigenvalue weighted by molar-refractivity contribution is -0.152. The second kappa shape index (κ2) is 4.39. The molecule has 1 saturated carbocycles. The standard InChI is InChI=1S/C7H14N2O3/c8-11-6-3-1-2-5(4-6)7(10)12-9/h5-6H,1-4,8-9H2/t5-,6+/m0/s1. The summed E-state index contributed by atoms with van der Waals surface area (Å²) >= 11 is 0. The molecule has 0 aliphatic heterocycles. The molecule has 0 unspecified atom stereocenters. The summed E-state index contributed by atoms with van der Waals surface area (Å²) in [7, 11) is 0. The summed E-state index contributed by atoms with van der Waals surface area (Å²) in [6, 6.07) is 0. The Balaban J connectivity index is 2.40. The predicted octanol–water partition coefficient (Wildman–Crippen LogP) is -0.148. The van der Waals surface area contributed by atoms with E-state index in [-0.39, 0.29) is 18.0 Å². The predicted molar refractivity (Wildman–Crippen MR) is 41.3 cm³/mol. The van der Waals surface area contributed by atoms with Gasteiger partial charge >= 0.3 is 5.97 Å². The van der Waals surface area contributed by atoms with Crippen LogP contribution in [0.4, 0.5) is 0 Å². The van der Waals surface area contributed by atoms with Crippen molar-refractivity contribution in [2.75, 3.05) is 0 Å². The van der Waals surface area contributed by atoms with Gasteiger partial charge in [0.2, 0.25) is 0 Å². The molecular weight excluding hydrogens is 160 g/mol. The van der Waals surface area contributed by atoms with Crippen molar-refractivity contribution in [3.8, 4) is 0 Å². The van der Waals surface area contributed by atoms with Crippen molar-refractivity contribution in [3.05, 3.63) is 0 Å². The fourth-order valence-electron chi connectivity index (χ4n) is 1.58. The quantitative estimate of drug-likeness (QED) is 0.568. The molecule has 12 heavy (non-hydrogen) atoms. The Morgan fingerprint density at radius 2 is 2.08 bits per heavy atom. The summed E-state index contributed by atoms with van der Waals surface area (Å²) < 4.78 is 0. The fraction of sp³-hybridized carbons (Fsp3) is 0.857. The van der Waals surface area contributed by atoms with Crippen LogP contribution in [0.5, 0.6) is 0 Å². The molecule has 0 heterocycles. The molecule has 0 aromatic rings. The smallest absolute Gasteiger partial charge is 0.327 e. The van der Waals surface area contributed by atoms with Gasteiger partial charge in [-0.3, -0.25) is 4.79 Å². The Kier molecular flexibility index (Phi) is 3.46. The molecule has 70 valence electrons. The van der Waals surface area contributed by atoms with Gasteiger partial charge in [0.15, 0.2) is 0 Å². The maximum absolute atomic E-state index is 11.0. The van der Waals surface area contributed by atoms with Crippen molar-refractivity contribution in [3.63, 3.8) is 0 Å². The molecule has 0 aromatic carbocycles. The highest BCUT2D eigenvalue weighted by Crippen LogP contribution is 2.25. The molecule has 1 aliphatic rings. The zero-order valence-electron chi connectivity index (χ0n) is 6.86. The van der Waals surface area contributed by atoms with Crippen molar-refractivity contribution in [2.45, 2.75) is 31.8 Å². The third-order valence-electron chi connectivity index (χ3n) is 2.27. The van der Waals surface area contributed by atoms with Crippen LogP contribution in [0.2, 0.25) is 0 Å². The minimum atomic E-state index is -0.364. The minimum Gasteiger partial charge on any atom is -0.373 e. The van der Waals surface area contributed by atoms with Crippen LogP contribution in [-0.2, 0) is 14.5 Å². The zero-order chi connectivity index (χ0) is 8.97. The van der Waals surface area contributed by atoms with Crippen LogP contribution in [0.3, 0.4) is 0 Å². The molecule has 4 N–H and O–H groups in total. The third kappa shape index (κ3) is 2.17. The van der Waals surface area contributed by atoms with E-state index in [1.165, 1.54) is 0 Å². The van der Waals surface area contributed by atoms with Crippen LogP contribution in [0, 0.1) is 5.92 Å². The van der Waals surface area contributed by atoms with Crippen molar-refractivity contribution in [1.29, 1.82) is 0 Å². The van der Waals surface area contributed by atoms with E-state index in [1.54, 1.807) is 0 Å². The van der Waals surface area contributed by atoms with Gasteiger partial charge in [-0.25, -0.2) is 5.90 Å². The van der Waals surface area contributed by atoms with E-state index in [4.69, 9.17) is 11.8 Å². The molecule has 1 aliphatic carbocycles. The molecule has 1 rings (SSSR count). The molecule has 0 saturated heterocycles. The van der Waals surface area contributed by atoms with Crippen LogP contribution < -0.4 is 11.8 Å². The Morgan fingerprint density at radius 3 is 2.67 bits per heavy atom. The van der Waals surface area contributed by atoms with Crippen molar-refractivity contribution in [1.82, 2.24) is 0 Å². The van der Waals surface area contributed by atoms with Gasteiger partial charge in [-0.05, 0) is 25.7 Å². The van der Waals surface area contributed by atoms with Gasteiger partial charge in [0.25, 0.3) is 0 Å². The van der Waals surface area contributed by atoms with E-state index >= 15 is 0 Å². The van der Waals surface area contributed by atoms with Crippen LogP contribution >= 0.6 is 0 Å². The SMILES string of the molecule is NOC(=O)[C@H]1CCC[C@@H](ON)C1. The summed E-state index contributed by atoms with van der Waals surface area (Å²) in [6.07, 6.45) is 3.25. The van der Waals surface area contributed by atoms with Gasteiger partial charge < -0.3 is 9.68 Å². The lowest BCUT2D eigenvalue weighted by Gasteiger charge is -2.25. The molecule has 0 amide bonds. The first-order chi connectivity index (χ1) is 5.77. The summed E-state index contributed by atoms with van der Waals surface area (Å²) in [6.45, 7) is 0. The first-order valence-corrected chi connectivity index (χ1v) is 4.04. The Labute approximate surface area is 70.9 Å². The number of rotatable bonds is 2. The van der Waals surface area contributed by atoms with Gasteiger partial charge in [-0.2, -0.15) is 5.90 Å². The molecule has 1 fully saturated rings. The lowest BCUT2D eigenvalue weighted by atomic mass is 9.87. The van der Waals surface area contributed by atoms with E-state index < -0.39 is 0 Å². The van der Waals surface area contributed by atoms with Gasteiger partial charge in [-0.1, -0.05) is 0 Å². The van der Waals surface area contributed by atoms with E-state index in [0.29, 0.717) is 6.42 Å². The average molecular weight is 174 g/mol. The summed E-state index contributed by atoms with van der Waals surface area (Å²) in [5.41, 5.74) is 0. The summed E-state index contributed by atoms with van der Waals surface area (Å²) in [5.74, 6) is 9.29. The molecular formula is C7H14N2O3. The van der Waals surface area contributed by atoms with Crippen LogP contribution in [0.25, 0.3) is 0 Å². The zero-order valence-corrected chi connectivity index (χ0v) is 6.86. The largest absolute Gasteiger partial charge is 0.373 e. The highest BCUT2D eigenvalue weighted by atomic mass is 16.7. The Morgan fingerprint density at radius 1 is 1.33 bits per heavy atom. The highest BCUT2D eigenvalue weighted by Gasteiger charge is 2.28. The van der Waals surface area contributed by atoms with E-state index in [2.05, 4.69) is 9.68 Å². The fourth-order valence-corrected chi connectivity index (χ4v) is 1.58. The van der Waals surface area contributed by atoms with Crippen molar-refractivity contribution in [2.24, 2.45) is 17.7 Å². The topological polar surface area (TPSA) is 87.6 Å². The van der Waals surface area contributed by atoms with E-state index in [0.717, 1.165) is 19.3 Å². The minimum absolute atomic E-state index is 0.0251. The molecule has 0 spiro atoms. The van der Waals surface area contributed by atoms with Crippen LogP contribution in [-0.4, -0.2) is 12.1 Å². The lowest BCUT2D eigenvalue weighted by Crippen LogP contribution is -2.31. The normalized spacial score (nSPS) is 29.8. The van der Waals surface area contributed by atoms with Gasteiger partial charge in [0, 0.05) is 0 Å². The first kappa shape index (κ1) is 9.44. The van der Waals surface area contributed by atoms with Crippen LogP contribution in [0.1, 0.15) is 25.7 Å². The number of nitrogens with two attached hydrogens (primary N) is 2. The van der Waals surface area contributed by atoms with Crippen molar-refractivity contribution < 1.29 is 14.5 Å². The third-order valence-corrected chi connectivity index (χ3v) is 2.27. The van der Waals surface area contributed by atoms with E-state index in [9.17, 15) is 4.79 Å². The average Bonchev–Trinajstić information content (AvgIpc) is 2.17. The molecule has 5 heteroatoms. The van der Waals surface area contributed by atoms with Gasteiger partial charge in [0.05, 0.1) is 12.0 Å². The second-order valence-electron chi connectivity index (χ2n) is 3.06. The van der Waals surface area contributed by atoms with Gasteiger partial charge in [0.1, 0.15) is 0 Å². The molecule has 2 atom stereocenters. The number of hydrogen-bond donors (Lipinski definition) is 2. The first-order valence-electron chi connectivity index (χ1n) is 4.04. The molecule has 0 aromatic heterocycles. The number of carbonyl (C=O) groups excluding carboxylic acids is 1. The molecule has 0 bridgehead atoms. The second-order valence-corrected chi connectivity index (χ2v) is 3.06.